The highest BCUT2D eigenvalue weighted by molar-refractivity contribution is 6.01. The molecule has 5 heterocycles. The number of fused-ring (bicyclic) bond motifs is 2. The third-order valence-corrected chi connectivity index (χ3v) is 6.36. The predicted octanol–water partition coefficient (Wildman–Crippen LogP) is 1.11. The minimum atomic E-state index is 0.691. The van der Waals surface area contributed by atoms with Gasteiger partial charge in [0.05, 0.1) is 48.7 Å². The summed E-state index contributed by atoms with van der Waals surface area (Å²) >= 11 is 0. The quantitative estimate of drug-likeness (QED) is 0.483. The Morgan fingerprint density at radius 2 is 1.81 bits per heavy atom. The Labute approximate surface area is 185 Å². The van der Waals surface area contributed by atoms with Crippen molar-refractivity contribution in [1.82, 2.24) is 40.2 Å². The maximum Gasteiger partial charge on any atom is 0.228 e. The fourth-order valence-corrected chi connectivity index (χ4v) is 4.56. The van der Waals surface area contributed by atoms with E-state index >= 15 is 0 Å². The van der Waals surface area contributed by atoms with Crippen LogP contribution in [-0.4, -0.2) is 93.9 Å². The molecule has 3 aromatic heterocycles. The summed E-state index contributed by atoms with van der Waals surface area (Å²) in [6.07, 6.45) is 3.77. The molecule has 2 N–H and O–H groups in total. The van der Waals surface area contributed by atoms with Gasteiger partial charge in [-0.3, -0.25) is 10.00 Å². The third kappa shape index (κ3) is 3.60. The van der Waals surface area contributed by atoms with E-state index in [2.05, 4.69) is 31.4 Å². The number of piperazine rings is 1. The summed E-state index contributed by atoms with van der Waals surface area (Å²) in [5.41, 5.74) is 3.82. The molecule has 2 aliphatic rings. The number of nitrogens with zero attached hydrogens (tertiary/aromatic N) is 7. The smallest absolute Gasteiger partial charge is 0.228 e. The summed E-state index contributed by atoms with van der Waals surface area (Å²) in [4.78, 5) is 14.7. The van der Waals surface area contributed by atoms with Gasteiger partial charge in [0, 0.05) is 56.8 Å². The predicted molar refractivity (Wildman–Crippen MR) is 123 cm³/mol. The van der Waals surface area contributed by atoms with Gasteiger partial charge in [-0.15, -0.1) is 0 Å². The van der Waals surface area contributed by atoms with Gasteiger partial charge in [-0.05, 0) is 6.07 Å². The van der Waals surface area contributed by atoms with Crippen molar-refractivity contribution in [2.75, 3.05) is 63.9 Å². The van der Waals surface area contributed by atoms with Crippen molar-refractivity contribution in [1.29, 1.82) is 0 Å². The van der Waals surface area contributed by atoms with Gasteiger partial charge in [0.25, 0.3) is 0 Å². The summed E-state index contributed by atoms with van der Waals surface area (Å²) in [7, 11) is 0. The van der Waals surface area contributed by atoms with E-state index in [0.29, 0.717) is 13.2 Å². The number of morpholine rings is 1. The van der Waals surface area contributed by atoms with E-state index in [1.807, 2.05) is 29.2 Å². The lowest BCUT2D eigenvalue weighted by Crippen LogP contribution is -2.44. The zero-order chi connectivity index (χ0) is 21.3. The number of H-pyrrole nitrogens is 1. The maximum atomic E-state index is 5.55. The summed E-state index contributed by atoms with van der Waals surface area (Å²) < 4.78 is 7.58. The van der Waals surface area contributed by atoms with Crippen LogP contribution in [0.25, 0.3) is 33.2 Å². The van der Waals surface area contributed by atoms with Crippen LogP contribution in [0.15, 0.2) is 30.6 Å². The van der Waals surface area contributed by atoms with E-state index < -0.39 is 0 Å². The molecule has 6 rings (SSSR count). The van der Waals surface area contributed by atoms with Gasteiger partial charge in [0.1, 0.15) is 0 Å². The number of benzene rings is 1. The standard InChI is InChI=1S/C22H27N9O/c1-2-16(17-14-24-28-19(17)3-1)20-18-15-25-31(9-8-29-6-4-23-5-7-29)21(18)27-22(26-20)30-10-12-32-13-11-30/h1-3,14-15,23H,4-13H2,(H,24,28). The minimum absolute atomic E-state index is 0.691. The van der Waals surface area contributed by atoms with Crippen molar-refractivity contribution in [3.8, 4) is 11.3 Å². The maximum absolute atomic E-state index is 5.55. The summed E-state index contributed by atoms with van der Waals surface area (Å²) in [5, 5.41) is 17.5. The van der Waals surface area contributed by atoms with Gasteiger partial charge >= 0.3 is 0 Å². The highest BCUT2D eigenvalue weighted by Gasteiger charge is 2.21. The van der Waals surface area contributed by atoms with Crippen LogP contribution in [0.3, 0.4) is 0 Å². The summed E-state index contributed by atoms with van der Waals surface area (Å²) in [5.74, 6) is 0.736. The number of ether oxygens (including phenoxy) is 1. The number of hydrogen-bond donors (Lipinski definition) is 2. The first-order valence-corrected chi connectivity index (χ1v) is 11.3. The Morgan fingerprint density at radius 1 is 0.938 bits per heavy atom. The van der Waals surface area contributed by atoms with Crippen molar-refractivity contribution >= 4 is 27.9 Å². The number of rotatable bonds is 5. The molecule has 0 unspecified atom stereocenters. The van der Waals surface area contributed by atoms with Crippen molar-refractivity contribution in [3.05, 3.63) is 30.6 Å². The molecule has 4 aromatic rings. The molecule has 0 saturated carbocycles. The third-order valence-electron chi connectivity index (χ3n) is 6.36. The molecule has 0 bridgehead atoms. The first kappa shape index (κ1) is 19.6. The molecule has 0 atom stereocenters. The molecular formula is C22H27N9O. The van der Waals surface area contributed by atoms with Crippen LogP contribution in [-0.2, 0) is 11.3 Å². The van der Waals surface area contributed by atoms with Gasteiger partial charge < -0.3 is 15.0 Å². The van der Waals surface area contributed by atoms with Gasteiger partial charge in [-0.1, -0.05) is 12.1 Å². The summed E-state index contributed by atoms with van der Waals surface area (Å²) in [6.45, 7) is 8.95. The Balaban J connectivity index is 1.44. The molecular weight excluding hydrogens is 406 g/mol. The number of aromatic nitrogens is 6. The van der Waals surface area contributed by atoms with Gasteiger partial charge in [0.2, 0.25) is 5.95 Å². The Hall–Kier alpha value is -3.08. The lowest BCUT2D eigenvalue weighted by atomic mass is 10.1. The van der Waals surface area contributed by atoms with Crippen molar-refractivity contribution in [3.63, 3.8) is 0 Å². The molecule has 166 valence electrons. The van der Waals surface area contributed by atoms with Gasteiger partial charge in [0.15, 0.2) is 5.65 Å². The van der Waals surface area contributed by atoms with Crippen LogP contribution in [0, 0.1) is 0 Å². The average Bonchev–Trinajstić information content (AvgIpc) is 3.50. The average molecular weight is 434 g/mol. The number of nitrogens with one attached hydrogen (secondary N) is 2. The lowest BCUT2D eigenvalue weighted by molar-refractivity contribution is 0.122. The van der Waals surface area contributed by atoms with Crippen LogP contribution in [0.2, 0.25) is 0 Å². The van der Waals surface area contributed by atoms with E-state index in [1.54, 1.807) is 0 Å². The topological polar surface area (TPSA) is 100 Å². The molecule has 2 fully saturated rings. The zero-order valence-corrected chi connectivity index (χ0v) is 18.0. The minimum Gasteiger partial charge on any atom is -0.378 e. The van der Waals surface area contributed by atoms with Crippen LogP contribution in [0.1, 0.15) is 0 Å². The highest BCUT2D eigenvalue weighted by Crippen LogP contribution is 2.32. The van der Waals surface area contributed by atoms with Crippen molar-refractivity contribution < 1.29 is 4.74 Å². The van der Waals surface area contributed by atoms with Crippen LogP contribution < -0.4 is 10.2 Å². The second-order valence-electron chi connectivity index (χ2n) is 8.31. The first-order valence-electron chi connectivity index (χ1n) is 11.3. The highest BCUT2D eigenvalue weighted by atomic mass is 16.5. The first-order chi connectivity index (χ1) is 15.9. The Bertz CT molecular complexity index is 1220. The SMILES string of the molecule is c1cc(-c2nc(N3CCOCC3)nc3c2cnn3CCN2CCNCC2)c2cn[nH]c2c1. The largest absolute Gasteiger partial charge is 0.378 e. The molecule has 0 radical (unpaired) electrons. The molecule has 0 amide bonds. The summed E-state index contributed by atoms with van der Waals surface area (Å²) in [6, 6.07) is 6.16. The molecule has 32 heavy (non-hydrogen) atoms. The van der Waals surface area contributed by atoms with Crippen LogP contribution >= 0.6 is 0 Å². The Kier molecular flexibility index (Phi) is 5.18. The second kappa shape index (κ2) is 8.45. The lowest BCUT2D eigenvalue weighted by Gasteiger charge is -2.28. The zero-order valence-electron chi connectivity index (χ0n) is 18.0. The Morgan fingerprint density at radius 3 is 2.69 bits per heavy atom. The second-order valence-corrected chi connectivity index (χ2v) is 8.31. The van der Waals surface area contributed by atoms with Crippen molar-refractivity contribution in [2.24, 2.45) is 0 Å². The molecule has 0 spiro atoms. The number of anilines is 1. The fraction of sp³-hybridized carbons (Fsp3) is 0.455. The molecule has 2 saturated heterocycles. The monoisotopic (exact) mass is 433 g/mol. The van der Waals surface area contributed by atoms with Gasteiger partial charge in [-0.25, -0.2) is 9.67 Å². The molecule has 2 aliphatic heterocycles. The molecule has 0 aliphatic carbocycles. The molecule has 10 nitrogen and oxygen atoms in total. The van der Waals surface area contributed by atoms with E-state index in [4.69, 9.17) is 19.8 Å². The number of hydrogen-bond acceptors (Lipinski definition) is 8. The fourth-order valence-electron chi connectivity index (χ4n) is 4.56. The van der Waals surface area contributed by atoms with Crippen LogP contribution in [0.4, 0.5) is 5.95 Å². The molecule has 10 heteroatoms. The normalized spacial score (nSPS) is 18.1. The van der Waals surface area contributed by atoms with E-state index in [-0.39, 0.29) is 0 Å². The van der Waals surface area contributed by atoms with Crippen molar-refractivity contribution in [2.45, 2.75) is 6.54 Å². The molecule has 1 aromatic carbocycles. The van der Waals surface area contributed by atoms with E-state index in [9.17, 15) is 0 Å². The van der Waals surface area contributed by atoms with Crippen LogP contribution in [0.5, 0.6) is 0 Å². The van der Waals surface area contributed by atoms with E-state index in [1.165, 1.54) is 0 Å². The van der Waals surface area contributed by atoms with E-state index in [0.717, 1.165) is 91.5 Å². The number of aromatic amines is 1. The van der Waals surface area contributed by atoms with Gasteiger partial charge in [-0.2, -0.15) is 15.2 Å².